The number of methoxy groups -OCH3 is 1. The van der Waals surface area contributed by atoms with Crippen LogP contribution in [0.2, 0.25) is 0 Å². The molecule has 0 radical (unpaired) electrons. The third kappa shape index (κ3) is 5.19. The minimum atomic E-state index is 0.00670. The lowest BCUT2D eigenvalue weighted by Gasteiger charge is -2.34. The molecular weight excluding hydrogens is 306 g/mol. The topological polar surface area (TPSA) is 83.1 Å². The molecule has 136 valence electrons. The Labute approximate surface area is 144 Å². The van der Waals surface area contributed by atoms with E-state index in [-0.39, 0.29) is 18.0 Å². The highest BCUT2D eigenvalue weighted by atomic mass is 16.5. The van der Waals surface area contributed by atoms with Gasteiger partial charge in [0.05, 0.1) is 6.04 Å². The van der Waals surface area contributed by atoms with Crippen molar-refractivity contribution in [1.82, 2.24) is 25.4 Å². The number of carbonyl (C=O) groups is 1. The van der Waals surface area contributed by atoms with Crippen LogP contribution in [0.15, 0.2) is 0 Å². The number of ether oxygens (including phenoxy) is 1. The van der Waals surface area contributed by atoms with Gasteiger partial charge in [0.2, 0.25) is 0 Å². The summed E-state index contributed by atoms with van der Waals surface area (Å²) < 4.78 is 5.03. The van der Waals surface area contributed by atoms with E-state index in [1.807, 2.05) is 4.90 Å². The summed E-state index contributed by atoms with van der Waals surface area (Å²) in [6, 6.07) is 0.0150. The van der Waals surface area contributed by atoms with Gasteiger partial charge in [0.25, 0.3) is 0 Å². The van der Waals surface area contributed by atoms with Gasteiger partial charge in [-0.25, -0.2) is 9.78 Å². The number of rotatable bonds is 8. The maximum atomic E-state index is 12.5. The summed E-state index contributed by atoms with van der Waals surface area (Å²) in [6.07, 6.45) is 6.18. The number of aromatic amines is 1. The first-order valence-electron chi connectivity index (χ1n) is 9.09. The Morgan fingerprint density at radius 1 is 1.38 bits per heavy atom. The molecule has 7 heteroatoms. The second kappa shape index (κ2) is 9.61. The molecule has 0 saturated carbocycles. The molecule has 7 nitrogen and oxygen atoms in total. The van der Waals surface area contributed by atoms with Crippen molar-refractivity contribution in [2.75, 3.05) is 26.8 Å². The molecule has 0 bridgehead atoms. The third-order valence-corrected chi connectivity index (χ3v) is 4.42. The monoisotopic (exact) mass is 337 g/mol. The van der Waals surface area contributed by atoms with Gasteiger partial charge in [-0.2, -0.15) is 5.10 Å². The Kier molecular flexibility index (Phi) is 7.49. The normalized spacial score (nSPS) is 18.2. The zero-order valence-corrected chi connectivity index (χ0v) is 15.2. The molecule has 0 aliphatic carbocycles. The number of amides is 2. The number of urea groups is 1. The van der Waals surface area contributed by atoms with Gasteiger partial charge < -0.3 is 15.0 Å². The predicted molar refractivity (Wildman–Crippen MR) is 92.9 cm³/mol. The molecular formula is C17H31N5O2. The second-order valence-corrected chi connectivity index (χ2v) is 6.72. The van der Waals surface area contributed by atoms with Crippen molar-refractivity contribution in [3.63, 3.8) is 0 Å². The van der Waals surface area contributed by atoms with Crippen molar-refractivity contribution in [3.8, 4) is 0 Å². The van der Waals surface area contributed by atoms with Crippen LogP contribution in [0.1, 0.15) is 76.0 Å². The number of piperidine rings is 1. The van der Waals surface area contributed by atoms with Crippen molar-refractivity contribution in [2.24, 2.45) is 0 Å². The highest BCUT2D eigenvalue weighted by Gasteiger charge is 2.30. The maximum absolute atomic E-state index is 12.5. The average molecular weight is 337 g/mol. The molecule has 2 N–H and O–H groups in total. The van der Waals surface area contributed by atoms with Gasteiger partial charge in [-0.05, 0) is 38.5 Å². The van der Waals surface area contributed by atoms with E-state index < -0.39 is 0 Å². The summed E-state index contributed by atoms with van der Waals surface area (Å²) in [7, 11) is 1.71. The smallest absolute Gasteiger partial charge is 0.318 e. The Hall–Kier alpha value is -1.63. The van der Waals surface area contributed by atoms with Gasteiger partial charge in [-0.3, -0.25) is 5.10 Å². The van der Waals surface area contributed by atoms with Crippen LogP contribution in [0, 0.1) is 0 Å². The van der Waals surface area contributed by atoms with Crippen LogP contribution in [0.25, 0.3) is 0 Å². The highest BCUT2D eigenvalue weighted by Crippen LogP contribution is 2.29. The number of carbonyl (C=O) groups excluding carboxylic acids is 1. The molecule has 0 spiro atoms. The lowest BCUT2D eigenvalue weighted by molar-refractivity contribution is 0.147. The predicted octanol–water partition coefficient (Wildman–Crippen LogP) is 2.98. The quantitative estimate of drug-likeness (QED) is 0.714. The molecule has 0 unspecified atom stereocenters. The fraction of sp³-hybridized carbons (Fsp3) is 0.824. The van der Waals surface area contributed by atoms with E-state index in [0.717, 1.165) is 63.3 Å². The van der Waals surface area contributed by atoms with Crippen molar-refractivity contribution < 1.29 is 9.53 Å². The Bertz CT molecular complexity index is 503. The summed E-state index contributed by atoms with van der Waals surface area (Å²) in [6.45, 7) is 6.41. The lowest BCUT2D eigenvalue weighted by Crippen LogP contribution is -2.45. The number of likely N-dealkylation sites (tertiary alicyclic amines) is 1. The molecule has 1 aromatic rings. The number of nitrogens with one attached hydrogen (secondary N) is 2. The largest absolute Gasteiger partial charge is 0.385 e. The van der Waals surface area contributed by atoms with Crippen LogP contribution in [-0.2, 0) is 4.74 Å². The molecule has 2 amide bonds. The van der Waals surface area contributed by atoms with E-state index in [0.29, 0.717) is 6.54 Å². The molecule has 2 heterocycles. The number of aromatic nitrogens is 3. The zero-order chi connectivity index (χ0) is 17.4. The summed E-state index contributed by atoms with van der Waals surface area (Å²) in [5.74, 6) is 1.91. The molecule has 24 heavy (non-hydrogen) atoms. The van der Waals surface area contributed by atoms with Crippen molar-refractivity contribution in [2.45, 2.75) is 64.3 Å². The average Bonchev–Trinajstić information content (AvgIpc) is 3.08. The summed E-state index contributed by atoms with van der Waals surface area (Å²) >= 11 is 0. The first kappa shape index (κ1) is 18.7. The van der Waals surface area contributed by atoms with E-state index >= 15 is 0 Å². The van der Waals surface area contributed by atoms with Crippen molar-refractivity contribution in [1.29, 1.82) is 0 Å². The van der Waals surface area contributed by atoms with Crippen LogP contribution in [0.4, 0.5) is 4.79 Å². The first-order valence-corrected chi connectivity index (χ1v) is 9.09. The van der Waals surface area contributed by atoms with Crippen LogP contribution >= 0.6 is 0 Å². The minimum Gasteiger partial charge on any atom is -0.385 e. The van der Waals surface area contributed by atoms with Crippen LogP contribution in [-0.4, -0.2) is 52.9 Å². The van der Waals surface area contributed by atoms with Crippen LogP contribution in [0.5, 0.6) is 0 Å². The van der Waals surface area contributed by atoms with Gasteiger partial charge in [-0.15, -0.1) is 0 Å². The fourth-order valence-corrected chi connectivity index (χ4v) is 3.00. The number of hydrogen-bond donors (Lipinski definition) is 2. The Balaban J connectivity index is 1.87. The molecule has 0 aromatic carbocycles. The van der Waals surface area contributed by atoms with E-state index in [2.05, 4.69) is 34.3 Å². The van der Waals surface area contributed by atoms with Crippen LogP contribution in [0.3, 0.4) is 0 Å². The van der Waals surface area contributed by atoms with E-state index in [1.165, 1.54) is 0 Å². The lowest BCUT2D eigenvalue weighted by atomic mass is 10.0. The Morgan fingerprint density at radius 3 is 2.92 bits per heavy atom. The highest BCUT2D eigenvalue weighted by molar-refractivity contribution is 5.74. The van der Waals surface area contributed by atoms with Gasteiger partial charge in [0, 0.05) is 32.7 Å². The number of H-pyrrole nitrogens is 1. The summed E-state index contributed by atoms with van der Waals surface area (Å²) in [5.41, 5.74) is 0. The van der Waals surface area contributed by atoms with Gasteiger partial charge >= 0.3 is 6.03 Å². The Morgan fingerprint density at radius 2 is 2.21 bits per heavy atom. The number of nitrogens with zero attached hydrogens (tertiary/aromatic N) is 3. The molecule has 1 aliphatic rings. The van der Waals surface area contributed by atoms with E-state index in [9.17, 15) is 4.79 Å². The van der Waals surface area contributed by atoms with Gasteiger partial charge in [0.15, 0.2) is 5.82 Å². The molecule has 1 saturated heterocycles. The molecule has 2 rings (SSSR count). The SMILES string of the molecule is COCCCCCNC(=O)N1CCCC[C@@H]1c1nc(C(C)C)n[nH]1. The van der Waals surface area contributed by atoms with E-state index in [4.69, 9.17) is 4.74 Å². The minimum absolute atomic E-state index is 0.00670. The summed E-state index contributed by atoms with van der Waals surface area (Å²) in [5, 5.41) is 10.4. The molecule has 1 fully saturated rings. The number of unbranched alkanes of at least 4 members (excludes halogenated alkanes) is 2. The zero-order valence-electron chi connectivity index (χ0n) is 15.2. The third-order valence-electron chi connectivity index (χ3n) is 4.42. The fourth-order valence-electron chi connectivity index (χ4n) is 3.00. The maximum Gasteiger partial charge on any atom is 0.318 e. The molecule has 1 aliphatic heterocycles. The molecule has 1 aromatic heterocycles. The van der Waals surface area contributed by atoms with Gasteiger partial charge in [-0.1, -0.05) is 13.8 Å². The van der Waals surface area contributed by atoms with Crippen molar-refractivity contribution in [3.05, 3.63) is 11.6 Å². The standard InChI is InChI=1S/C17H31N5O2/c1-13(2)15-19-16(21-20-15)14-9-5-7-11-22(14)17(23)18-10-6-4-8-12-24-3/h13-14H,4-12H2,1-3H3,(H,18,23)(H,19,20,21)/t14-/m1/s1. The second-order valence-electron chi connectivity index (χ2n) is 6.72. The van der Waals surface area contributed by atoms with Gasteiger partial charge in [0.1, 0.15) is 5.82 Å². The number of hydrogen-bond acceptors (Lipinski definition) is 4. The van der Waals surface area contributed by atoms with E-state index in [1.54, 1.807) is 7.11 Å². The van der Waals surface area contributed by atoms with Crippen LogP contribution < -0.4 is 5.32 Å². The first-order chi connectivity index (χ1) is 11.6. The van der Waals surface area contributed by atoms with Crippen molar-refractivity contribution >= 4 is 6.03 Å². The summed E-state index contributed by atoms with van der Waals surface area (Å²) in [4.78, 5) is 19.0. The molecule has 1 atom stereocenters.